The third-order valence-corrected chi connectivity index (χ3v) is 12.0. The van der Waals surface area contributed by atoms with E-state index in [1.54, 1.807) is 0 Å². The fourth-order valence-electron chi connectivity index (χ4n) is 8.14. The van der Waals surface area contributed by atoms with Crippen LogP contribution in [-0.4, -0.2) is 67.7 Å². The van der Waals surface area contributed by atoms with Crippen LogP contribution in [0, 0.1) is 5.92 Å². The van der Waals surface area contributed by atoms with Gasteiger partial charge in [0.15, 0.2) is 0 Å². The quantitative estimate of drug-likeness (QED) is 0.0483. The molecule has 0 fully saturated rings. The summed E-state index contributed by atoms with van der Waals surface area (Å²) >= 11 is 0. The van der Waals surface area contributed by atoms with Gasteiger partial charge in [-0.3, -0.25) is 4.79 Å². The lowest BCUT2D eigenvalue weighted by Gasteiger charge is -2.21. The Morgan fingerprint density at radius 1 is 0.414 bits per heavy atom. The van der Waals surface area contributed by atoms with E-state index in [0.717, 1.165) is 103 Å². The van der Waals surface area contributed by atoms with Crippen LogP contribution in [-0.2, 0) is 19.0 Å². The Hall–Kier alpha value is -1.34. The van der Waals surface area contributed by atoms with Crippen LogP contribution in [0.3, 0.4) is 0 Å². The molecule has 1 N–H and O–H groups in total. The van der Waals surface area contributed by atoms with Crippen LogP contribution in [0.15, 0.2) is 0 Å². The zero-order chi connectivity index (χ0) is 42.4. The van der Waals surface area contributed by atoms with Gasteiger partial charge in [-0.25, -0.2) is 4.79 Å². The number of hydrogen-bond acceptors (Lipinski definition) is 7. The van der Waals surface area contributed by atoms with Gasteiger partial charge < -0.3 is 24.2 Å². The van der Waals surface area contributed by atoms with Gasteiger partial charge in [-0.15, -0.1) is 0 Å². The van der Waals surface area contributed by atoms with Crippen LogP contribution in [0.5, 0.6) is 0 Å². The van der Waals surface area contributed by atoms with Gasteiger partial charge in [0.1, 0.15) is 6.10 Å². The third-order valence-electron chi connectivity index (χ3n) is 12.0. The van der Waals surface area contributed by atoms with Gasteiger partial charge in [0.05, 0.1) is 25.7 Å². The van der Waals surface area contributed by atoms with E-state index in [4.69, 9.17) is 14.2 Å². The predicted octanol–water partition coefficient (Wildman–Crippen LogP) is 15.5. The van der Waals surface area contributed by atoms with Crippen LogP contribution in [0.1, 0.15) is 265 Å². The number of carbonyl (C=O) groups excluding carboxylic acids is 2. The highest BCUT2D eigenvalue weighted by Gasteiger charge is 2.19. The van der Waals surface area contributed by atoms with E-state index in [1.165, 1.54) is 154 Å². The van der Waals surface area contributed by atoms with Gasteiger partial charge in [0, 0.05) is 6.54 Å². The monoisotopic (exact) mass is 824 g/mol. The smallest absolute Gasteiger partial charge is 0.465 e. The molecule has 0 aromatic heterocycles. The second-order valence-electron chi connectivity index (χ2n) is 17.7. The van der Waals surface area contributed by atoms with Gasteiger partial charge in [-0.05, 0) is 77.3 Å². The number of aliphatic hydroxyl groups is 1. The molecule has 0 aliphatic heterocycles. The molecule has 0 radical (unpaired) electrons. The number of unbranched alkanes of at least 4 members (excludes halogenated alkanes) is 27. The Bertz CT molecular complexity index is 840. The molecule has 0 aromatic rings. The number of carbonyl (C=O) groups is 2. The number of rotatable bonds is 47. The molecule has 2 unspecified atom stereocenters. The van der Waals surface area contributed by atoms with Crippen LogP contribution < -0.4 is 0 Å². The van der Waals surface area contributed by atoms with Gasteiger partial charge >= 0.3 is 12.1 Å². The molecule has 0 aliphatic carbocycles. The summed E-state index contributed by atoms with van der Waals surface area (Å²) in [6.07, 6.45) is 43.4. The third kappa shape index (κ3) is 40.1. The molecule has 0 aromatic carbocycles. The first-order valence-electron chi connectivity index (χ1n) is 25.8. The summed E-state index contributed by atoms with van der Waals surface area (Å²) < 4.78 is 17.1. The summed E-state index contributed by atoms with van der Waals surface area (Å²) in [5.74, 6) is 0.149. The van der Waals surface area contributed by atoms with Crippen LogP contribution in [0.25, 0.3) is 0 Å². The molecule has 0 aliphatic rings. The lowest BCUT2D eigenvalue weighted by Crippen LogP contribution is -2.29. The molecule has 0 saturated carbocycles. The Labute approximate surface area is 361 Å². The average molecular weight is 824 g/mol. The lowest BCUT2D eigenvalue weighted by molar-refractivity contribution is -0.149. The molecule has 7 nitrogen and oxygen atoms in total. The van der Waals surface area contributed by atoms with E-state index in [9.17, 15) is 14.7 Å². The first kappa shape index (κ1) is 56.7. The highest BCUT2D eigenvalue weighted by Crippen LogP contribution is 2.21. The van der Waals surface area contributed by atoms with E-state index in [-0.39, 0.29) is 24.6 Å². The molecule has 346 valence electrons. The lowest BCUT2D eigenvalue weighted by atomic mass is 9.94. The Kier molecular flexibility index (Phi) is 45.6. The van der Waals surface area contributed by atoms with Crippen LogP contribution >= 0.6 is 0 Å². The predicted molar refractivity (Wildman–Crippen MR) is 248 cm³/mol. The van der Waals surface area contributed by atoms with E-state index in [0.29, 0.717) is 13.2 Å². The maximum atomic E-state index is 12.8. The number of nitrogens with zero attached hydrogens (tertiary/aromatic N) is 1. The summed E-state index contributed by atoms with van der Waals surface area (Å²) in [6.45, 7) is 13.1. The minimum atomic E-state index is -0.469. The van der Waals surface area contributed by atoms with Crippen molar-refractivity contribution in [3.8, 4) is 0 Å². The zero-order valence-electron chi connectivity index (χ0n) is 39.5. The van der Waals surface area contributed by atoms with Crippen molar-refractivity contribution in [2.45, 2.75) is 271 Å². The van der Waals surface area contributed by atoms with Crippen LogP contribution in [0.4, 0.5) is 4.79 Å². The normalized spacial score (nSPS) is 12.6. The topological polar surface area (TPSA) is 85.3 Å². The highest BCUT2D eigenvalue weighted by molar-refractivity contribution is 5.72. The molecule has 0 saturated heterocycles. The SMILES string of the molecule is CCCCCCCCCCCC(CCCCCC)OC(=O)OCCCCCCCCN(CCO)CCCCCCCCOC(=O)C(CCCCC)CCCCCCC. The molecule has 0 amide bonds. The molecule has 0 spiro atoms. The second kappa shape index (κ2) is 46.7. The highest BCUT2D eigenvalue weighted by atomic mass is 16.7. The van der Waals surface area contributed by atoms with E-state index in [1.807, 2.05) is 0 Å². The fourth-order valence-corrected chi connectivity index (χ4v) is 8.14. The van der Waals surface area contributed by atoms with E-state index < -0.39 is 6.16 Å². The molecular formula is C51H101NO6. The second-order valence-corrected chi connectivity index (χ2v) is 17.7. The van der Waals surface area contributed by atoms with Crippen molar-refractivity contribution < 1.29 is 28.9 Å². The number of aliphatic hydroxyl groups excluding tert-OH is 1. The molecule has 7 heteroatoms. The maximum Gasteiger partial charge on any atom is 0.508 e. The average Bonchev–Trinajstić information content (AvgIpc) is 3.22. The van der Waals surface area contributed by atoms with E-state index >= 15 is 0 Å². The van der Waals surface area contributed by atoms with Crippen molar-refractivity contribution in [3.05, 3.63) is 0 Å². The largest absolute Gasteiger partial charge is 0.508 e. The molecule has 58 heavy (non-hydrogen) atoms. The standard InChI is InChI=1S/C51H101NO6/c1-5-9-13-16-17-18-19-25-33-41-49(40-32-15-11-7-3)58-51(55)57-47-37-29-23-21-27-35-43-52(44-45-53)42-34-26-20-22-28-36-46-56-50(54)48(38-30-12-8-4)39-31-24-14-10-6-2/h48-49,53H,5-47H2,1-4H3. The number of ether oxygens (including phenoxy) is 3. The molecular weight excluding hydrogens is 723 g/mol. The molecule has 0 rings (SSSR count). The van der Waals surface area contributed by atoms with E-state index in [2.05, 4.69) is 32.6 Å². The fraction of sp³-hybridized carbons (Fsp3) is 0.961. The minimum absolute atomic E-state index is 0.00127. The van der Waals surface area contributed by atoms with Gasteiger partial charge in [-0.2, -0.15) is 0 Å². The van der Waals surface area contributed by atoms with Crippen molar-refractivity contribution in [1.29, 1.82) is 0 Å². The minimum Gasteiger partial charge on any atom is -0.465 e. The maximum absolute atomic E-state index is 12.8. The van der Waals surface area contributed by atoms with Crippen molar-refractivity contribution in [2.75, 3.05) is 39.5 Å². The summed E-state index contributed by atoms with van der Waals surface area (Å²) in [6, 6.07) is 0. The van der Waals surface area contributed by atoms with Crippen molar-refractivity contribution in [2.24, 2.45) is 5.92 Å². The van der Waals surface area contributed by atoms with Gasteiger partial charge in [0.25, 0.3) is 0 Å². The summed E-state index contributed by atoms with van der Waals surface area (Å²) in [5, 5.41) is 9.60. The molecule has 0 bridgehead atoms. The summed E-state index contributed by atoms with van der Waals surface area (Å²) in [5.41, 5.74) is 0. The Morgan fingerprint density at radius 3 is 1.22 bits per heavy atom. The molecule has 0 heterocycles. The van der Waals surface area contributed by atoms with Crippen molar-refractivity contribution >= 4 is 12.1 Å². The van der Waals surface area contributed by atoms with Crippen LogP contribution in [0.2, 0.25) is 0 Å². The number of hydrogen-bond donors (Lipinski definition) is 1. The first-order valence-corrected chi connectivity index (χ1v) is 25.8. The number of esters is 1. The summed E-state index contributed by atoms with van der Waals surface area (Å²) in [7, 11) is 0. The zero-order valence-corrected chi connectivity index (χ0v) is 39.5. The van der Waals surface area contributed by atoms with Gasteiger partial charge in [-0.1, -0.05) is 201 Å². The Morgan fingerprint density at radius 2 is 0.759 bits per heavy atom. The van der Waals surface area contributed by atoms with Crippen molar-refractivity contribution in [1.82, 2.24) is 4.90 Å². The summed E-state index contributed by atoms with van der Waals surface area (Å²) in [4.78, 5) is 27.7. The van der Waals surface area contributed by atoms with Gasteiger partial charge in [0.2, 0.25) is 0 Å². The molecule has 2 atom stereocenters. The first-order chi connectivity index (χ1) is 28.5. The Balaban J connectivity index is 4.00. The van der Waals surface area contributed by atoms with Crippen molar-refractivity contribution in [3.63, 3.8) is 0 Å².